The van der Waals surface area contributed by atoms with Gasteiger partial charge >= 0.3 is 6.18 Å². The van der Waals surface area contributed by atoms with Crippen molar-refractivity contribution in [2.24, 2.45) is 0 Å². The molecule has 2 fully saturated rings. The van der Waals surface area contributed by atoms with Crippen LogP contribution in [-0.4, -0.2) is 100 Å². The number of rotatable bonds is 7. The number of carbonyl (C=O) groups excluding carboxylic acids is 1. The third-order valence-electron chi connectivity index (χ3n) is 8.24. The van der Waals surface area contributed by atoms with Crippen molar-refractivity contribution in [2.45, 2.75) is 31.8 Å². The van der Waals surface area contributed by atoms with E-state index in [-0.39, 0.29) is 60.1 Å². The molecule has 0 bridgehead atoms. The Hall–Kier alpha value is -4.33. The zero-order valence-electron chi connectivity index (χ0n) is 24.8. The zero-order valence-corrected chi connectivity index (χ0v) is 25.6. The van der Waals surface area contributed by atoms with E-state index in [0.717, 1.165) is 22.3 Å². The number of fused-ring (bicyclic) bond motifs is 1. The summed E-state index contributed by atoms with van der Waals surface area (Å²) in [5.74, 6) is -1.23. The lowest BCUT2D eigenvalue weighted by atomic mass is 10.1. The minimum absolute atomic E-state index is 0.0123. The summed E-state index contributed by atoms with van der Waals surface area (Å²) in [4.78, 5) is 22.9. The highest BCUT2D eigenvalue weighted by molar-refractivity contribution is 7.16. The summed E-state index contributed by atoms with van der Waals surface area (Å²) < 4.78 is 74.0. The zero-order chi connectivity index (χ0) is 32.9. The molecule has 4 aromatic rings. The molecule has 2 aliphatic heterocycles. The van der Waals surface area contributed by atoms with E-state index in [2.05, 4.69) is 16.2 Å². The van der Waals surface area contributed by atoms with Gasteiger partial charge < -0.3 is 19.8 Å². The summed E-state index contributed by atoms with van der Waals surface area (Å²) in [7, 11) is 1.65. The molecule has 0 unspecified atom stereocenters. The van der Waals surface area contributed by atoms with Crippen LogP contribution in [0.3, 0.4) is 0 Å². The van der Waals surface area contributed by atoms with Crippen molar-refractivity contribution >= 4 is 44.8 Å². The summed E-state index contributed by atoms with van der Waals surface area (Å²) in [5.41, 5.74) is 0.839. The number of alkyl halides is 3. The molecule has 1 amide bonds. The van der Waals surface area contributed by atoms with Crippen LogP contribution in [0.1, 0.15) is 11.8 Å². The molecule has 1 N–H and O–H groups in total. The number of aryl methyl sites for hydroxylation is 1. The number of piperazine rings is 1. The normalized spacial score (nSPS) is 17.8. The lowest BCUT2D eigenvalue weighted by Gasteiger charge is -2.44. The average molecular weight is 661 g/mol. The smallest absolute Gasteiger partial charge is 0.389 e. The van der Waals surface area contributed by atoms with Gasteiger partial charge in [0.05, 0.1) is 12.6 Å². The number of β-amino-alcohol motifs (C(OH)–C–C–N with tert-alkyl or cyclic N) is 1. The third kappa shape index (κ3) is 5.85. The first kappa shape index (κ1) is 31.6. The number of amides is 1. The van der Waals surface area contributed by atoms with Gasteiger partial charge in [-0.1, -0.05) is 11.3 Å². The number of thiazole rings is 1. The second kappa shape index (κ2) is 12.1. The van der Waals surface area contributed by atoms with Crippen LogP contribution in [0.25, 0.3) is 22.2 Å². The van der Waals surface area contributed by atoms with Gasteiger partial charge in [0.25, 0.3) is 0 Å². The van der Waals surface area contributed by atoms with E-state index in [4.69, 9.17) is 0 Å². The Morgan fingerprint density at radius 1 is 1.15 bits per heavy atom. The molecule has 0 aliphatic carbocycles. The Kier molecular flexibility index (Phi) is 8.34. The van der Waals surface area contributed by atoms with Crippen molar-refractivity contribution in [1.82, 2.24) is 24.6 Å². The largest absolute Gasteiger partial charge is 0.409 e. The fourth-order valence-corrected chi connectivity index (χ4v) is 6.70. The van der Waals surface area contributed by atoms with Crippen LogP contribution in [0.2, 0.25) is 0 Å². The summed E-state index contributed by atoms with van der Waals surface area (Å²) in [6.45, 7) is 1.73. The van der Waals surface area contributed by atoms with Crippen LogP contribution in [0.4, 0.5) is 38.6 Å². The molecule has 16 heteroatoms. The van der Waals surface area contributed by atoms with E-state index >= 15 is 4.39 Å². The lowest BCUT2D eigenvalue weighted by Crippen LogP contribution is -2.62. The number of aromatic nitrogens is 3. The van der Waals surface area contributed by atoms with Crippen LogP contribution in [0.15, 0.2) is 36.4 Å². The number of carbonyl (C=O) groups is 1. The fraction of sp³-hybridized carbons (Fsp3) is 0.400. The second-order valence-electron chi connectivity index (χ2n) is 11.3. The van der Waals surface area contributed by atoms with Gasteiger partial charge in [-0.2, -0.15) is 23.5 Å². The van der Waals surface area contributed by atoms with Crippen LogP contribution < -0.4 is 9.80 Å². The van der Waals surface area contributed by atoms with Crippen LogP contribution in [0.5, 0.6) is 0 Å². The molecular formula is C30H29F5N8O2S. The lowest BCUT2D eigenvalue weighted by molar-refractivity contribution is -0.160. The number of likely N-dealkylation sites (tertiary alicyclic amines) is 1. The first-order valence-corrected chi connectivity index (χ1v) is 15.3. The number of hydrogen-bond acceptors (Lipinski definition) is 9. The number of anilines is 3. The summed E-state index contributed by atoms with van der Waals surface area (Å²) in [6, 6.07) is 8.14. The minimum atomic E-state index is -4.68. The molecule has 2 aromatic carbocycles. The number of nitrogens with zero attached hydrogens (tertiary/aromatic N) is 8. The van der Waals surface area contributed by atoms with Crippen LogP contribution >= 0.6 is 11.3 Å². The van der Waals surface area contributed by atoms with Crippen molar-refractivity contribution in [2.75, 3.05) is 56.1 Å². The number of nitriles is 1. The molecule has 2 saturated heterocycles. The Balaban J connectivity index is 1.34. The molecule has 0 spiro atoms. The molecule has 6 rings (SSSR count). The number of aliphatic hydroxyl groups is 1. The molecule has 0 radical (unpaired) electrons. The number of benzene rings is 2. The molecular weight excluding hydrogens is 631 g/mol. The number of halogens is 5. The molecule has 4 heterocycles. The number of hydrogen-bond donors (Lipinski definition) is 1. The van der Waals surface area contributed by atoms with Crippen LogP contribution in [0, 0.1) is 23.0 Å². The monoisotopic (exact) mass is 660 g/mol. The van der Waals surface area contributed by atoms with Gasteiger partial charge in [-0.15, -0.1) is 0 Å². The van der Waals surface area contributed by atoms with Gasteiger partial charge in [0.1, 0.15) is 39.8 Å². The maximum Gasteiger partial charge on any atom is 0.409 e. The Labute approximate surface area is 264 Å². The molecule has 0 saturated carbocycles. The molecule has 242 valence electrons. The molecule has 1 atom stereocenters. The predicted molar refractivity (Wildman–Crippen MR) is 162 cm³/mol. The van der Waals surface area contributed by atoms with Crippen molar-refractivity contribution in [1.29, 1.82) is 5.26 Å². The highest BCUT2D eigenvalue weighted by atomic mass is 32.1. The summed E-state index contributed by atoms with van der Waals surface area (Å²) >= 11 is 1.06. The molecule has 10 nitrogen and oxygen atoms in total. The van der Waals surface area contributed by atoms with Gasteiger partial charge in [0.15, 0.2) is 10.9 Å². The van der Waals surface area contributed by atoms with E-state index in [1.165, 1.54) is 44.8 Å². The van der Waals surface area contributed by atoms with Gasteiger partial charge in [-0.25, -0.2) is 18.4 Å². The maximum atomic E-state index is 15.6. The highest BCUT2D eigenvalue weighted by Gasteiger charge is 2.47. The Bertz CT molecular complexity index is 1810. The summed E-state index contributed by atoms with van der Waals surface area (Å²) in [6.07, 6.45) is -5.30. The highest BCUT2D eigenvalue weighted by Crippen LogP contribution is 2.41. The van der Waals surface area contributed by atoms with Crippen molar-refractivity contribution < 1.29 is 31.9 Å². The van der Waals surface area contributed by atoms with E-state index in [0.29, 0.717) is 28.8 Å². The fourth-order valence-electron chi connectivity index (χ4n) is 5.85. The van der Waals surface area contributed by atoms with Crippen molar-refractivity contribution in [3.05, 3.63) is 52.9 Å². The van der Waals surface area contributed by atoms with Gasteiger partial charge in [-0.05, 0) is 43.3 Å². The molecule has 46 heavy (non-hydrogen) atoms. The Morgan fingerprint density at radius 2 is 1.87 bits per heavy atom. The SMILES string of the molecule is CCn1nc2c(F)cc(N3CCN(CC(=O)N4CC(O)C4)C[C@@H]3C(F)(F)F)cc2c1N(C)c1nc(-c2ccc(F)cc2)c(C#N)s1. The molecule has 2 aliphatic rings. The maximum absolute atomic E-state index is 15.6. The topological polar surface area (TPSA) is 105 Å². The van der Waals surface area contributed by atoms with Gasteiger partial charge in [0.2, 0.25) is 5.91 Å². The van der Waals surface area contributed by atoms with Gasteiger partial charge in [-0.3, -0.25) is 9.69 Å². The van der Waals surface area contributed by atoms with Gasteiger partial charge in [0, 0.05) is 63.0 Å². The third-order valence-corrected chi connectivity index (χ3v) is 9.28. The Morgan fingerprint density at radius 3 is 2.50 bits per heavy atom. The summed E-state index contributed by atoms with van der Waals surface area (Å²) in [5, 5.41) is 24.2. The second-order valence-corrected chi connectivity index (χ2v) is 12.2. The number of aliphatic hydroxyl groups excluding tert-OH is 1. The molecule has 2 aromatic heterocycles. The first-order valence-electron chi connectivity index (χ1n) is 14.5. The van der Waals surface area contributed by atoms with E-state index < -0.39 is 36.5 Å². The van der Waals surface area contributed by atoms with E-state index in [9.17, 15) is 32.7 Å². The quantitative estimate of drug-likeness (QED) is 0.292. The standard InChI is InChI=1S/C30H29F5N8O2S/c1-3-43-28(39(2)29-37-26(23(12-36)46-29)17-4-6-18(31)7-5-17)21-10-19(11-22(32)27(21)38-43)42-9-8-40(15-24(42)30(33,34)35)16-25(45)41-13-20(44)14-41/h4-7,10-11,20,24,44H,3,8-9,13-16H2,1-2H3/t24-/m1/s1. The van der Waals surface area contributed by atoms with E-state index in [1.807, 2.05) is 0 Å². The van der Waals surface area contributed by atoms with Crippen LogP contribution in [-0.2, 0) is 11.3 Å². The average Bonchev–Trinajstić information content (AvgIpc) is 3.61. The van der Waals surface area contributed by atoms with Crippen molar-refractivity contribution in [3.8, 4) is 17.3 Å². The minimum Gasteiger partial charge on any atom is -0.389 e. The van der Waals surface area contributed by atoms with E-state index in [1.54, 1.807) is 18.9 Å². The first-order chi connectivity index (χ1) is 21.9. The predicted octanol–water partition coefficient (Wildman–Crippen LogP) is 4.35. The van der Waals surface area contributed by atoms with Crippen molar-refractivity contribution in [3.63, 3.8) is 0 Å².